The molecule has 10 nitrogen and oxygen atoms in total. The standard InChI is InChI=1S/C27H29Cl2N7O3/c1-35(2)12-5-10-23(37)31-17-6-3-7-19(14-17)36-13-11-18(16-36)32-27(39)25-22(15-30-34-25)33-26(38)24-20(28)8-4-9-21(24)29/h3-10,14-15,18H,11-13,16H2,1-2H3,(H,30,34)(H,31,37)(H,32,39)(H,33,38)/b10-5+/t18-/m1/s1. The molecule has 4 N–H and O–H groups in total. The van der Waals surface area contributed by atoms with Gasteiger partial charge in [0.25, 0.3) is 11.8 Å². The zero-order chi connectivity index (χ0) is 27.9. The predicted octanol–water partition coefficient (Wildman–Crippen LogP) is 4.03. The van der Waals surface area contributed by atoms with Crippen LogP contribution >= 0.6 is 23.2 Å². The number of benzene rings is 2. The average Bonchev–Trinajstić information content (AvgIpc) is 3.53. The fraction of sp³-hybridized carbons (Fsp3) is 0.259. The van der Waals surface area contributed by atoms with E-state index in [0.717, 1.165) is 18.7 Å². The molecular weight excluding hydrogens is 541 g/mol. The number of halogens is 2. The van der Waals surface area contributed by atoms with Gasteiger partial charge in [0.05, 0.1) is 27.5 Å². The number of nitrogens with one attached hydrogen (secondary N) is 4. The Labute approximate surface area is 236 Å². The van der Waals surface area contributed by atoms with Crippen molar-refractivity contribution in [2.24, 2.45) is 0 Å². The number of aromatic nitrogens is 2. The molecule has 0 bridgehead atoms. The first kappa shape index (κ1) is 28.2. The first-order chi connectivity index (χ1) is 18.7. The third kappa shape index (κ3) is 7.38. The maximum Gasteiger partial charge on any atom is 0.271 e. The van der Waals surface area contributed by atoms with Crippen LogP contribution in [0.25, 0.3) is 0 Å². The van der Waals surface area contributed by atoms with Crippen LogP contribution in [0.5, 0.6) is 0 Å². The van der Waals surface area contributed by atoms with Crippen molar-refractivity contribution in [2.45, 2.75) is 12.5 Å². The molecule has 0 spiro atoms. The Kier molecular flexibility index (Phi) is 9.23. The Morgan fingerprint density at radius 1 is 1.10 bits per heavy atom. The molecule has 2 aromatic carbocycles. The minimum absolute atomic E-state index is 0.114. The number of hydrogen-bond acceptors (Lipinski definition) is 6. The van der Waals surface area contributed by atoms with Crippen LogP contribution in [0.15, 0.2) is 60.8 Å². The Morgan fingerprint density at radius 2 is 1.85 bits per heavy atom. The summed E-state index contributed by atoms with van der Waals surface area (Å²) in [6.45, 7) is 1.98. The maximum atomic E-state index is 13.0. The zero-order valence-electron chi connectivity index (χ0n) is 21.5. The molecule has 1 aliphatic heterocycles. The molecule has 39 heavy (non-hydrogen) atoms. The third-order valence-corrected chi connectivity index (χ3v) is 6.68. The van der Waals surface area contributed by atoms with Gasteiger partial charge in [0.2, 0.25) is 5.91 Å². The van der Waals surface area contributed by atoms with Gasteiger partial charge in [-0.3, -0.25) is 19.5 Å². The molecule has 0 saturated carbocycles. The van der Waals surface area contributed by atoms with Gasteiger partial charge < -0.3 is 25.8 Å². The molecule has 1 saturated heterocycles. The van der Waals surface area contributed by atoms with Crippen LogP contribution in [-0.2, 0) is 4.79 Å². The second-order valence-corrected chi connectivity index (χ2v) is 10.1. The first-order valence-electron chi connectivity index (χ1n) is 12.3. The molecule has 1 aromatic heterocycles. The smallest absolute Gasteiger partial charge is 0.271 e. The van der Waals surface area contributed by atoms with Crippen LogP contribution in [0.3, 0.4) is 0 Å². The quantitative estimate of drug-likeness (QED) is 0.288. The molecular formula is C27H29Cl2N7O3. The number of carbonyl (C=O) groups is 3. The summed E-state index contributed by atoms with van der Waals surface area (Å²) in [6, 6.07) is 12.2. The van der Waals surface area contributed by atoms with Crippen molar-refractivity contribution in [3.63, 3.8) is 0 Å². The van der Waals surface area contributed by atoms with E-state index in [2.05, 4.69) is 31.0 Å². The molecule has 4 rings (SSSR count). The number of rotatable bonds is 9. The molecule has 2 heterocycles. The Balaban J connectivity index is 1.34. The Hall–Kier alpha value is -3.86. The molecule has 12 heteroatoms. The lowest BCUT2D eigenvalue weighted by Gasteiger charge is -2.20. The Bertz CT molecular complexity index is 1370. The van der Waals surface area contributed by atoms with E-state index >= 15 is 0 Å². The number of aromatic amines is 1. The predicted molar refractivity (Wildman–Crippen MR) is 154 cm³/mol. The number of hydrogen-bond donors (Lipinski definition) is 4. The molecule has 1 atom stereocenters. The summed E-state index contributed by atoms with van der Waals surface area (Å²) in [5.74, 6) is -1.14. The van der Waals surface area contributed by atoms with Crippen LogP contribution in [0.1, 0.15) is 27.3 Å². The van der Waals surface area contributed by atoms with Crippen molar-refractivity contribution in [3.05, 3.63) is 82.1 Å². The summed E-state index contributed by atoms with van der Waals surface area (Å²) in [4.78, 5) is 42.1. The van der Waals surface area contributed by atoms with Crippen molar-refractivity contribution < 1.29 is 14.4 Å². The van der Waals surface area contributed by atoms with E-state index in [0.29, 0.717) is 18.8 Å². The lowest BCUT2D eigenvalue weighted by Crippen LogP contribution is -2.37. The van der Waals surface area contributed by atoms with Crippen molar-refractivity contribution in [1.82, 2.24) is 20.4 Å². The summed E-state index contributed by atoms with van der Waals surface area (Å²) in [5, 5.41) is 15.5. The lowest BCUT2D eigenvalue weighted by molar-refractivity contribution is -0.111. The highest BCUT2D eigenvalue weighted by molar-refractivity contribution is 6.40. The number of nitrogens with zero attached hydrogens (tertiary/aromatic N) is 3. The highest BCUT2D eigenvalue weighted by Gasteiger charge is 2.27. The second kappa shape index (κ2) is 12.8. The fourth-order valence-corrected chi connectivity index (χ4v) is 4.73. The number of carbonyl (C=O) groups excluding carboxylic acids is 3. The van der Waals surface area contributed by atoms with E-state index in [1.807, 2.05) is 43.3 Å². The van der Waals surface area contributed by atoms with E-state index in [9.17, 15) is 14.4 Å². The first-order valence-corrected chi connectivity index (χ1v) is 13.0. The SMILES string of the molecule is CN(C)C/C=C/C(=O)Nc1cccc(N2CC[C@@H](NC(=O)c3[nH]ncc3NC(=O)c3c(Cl)cccc3Cl)C2)c1. The highest BCUT2D eigenvalue weighted by atomic mass is 35.5. The van der Waals surface area contributed by atoms with Crippen molar-refractivity contribution in [1.29, 1.82) is 0 Å². The normalized spacial score (nSPS) is 15.1. The van der Waals surface area contributed by atoms with E-state index in [4.69, 9.17) is 23.2 Å². The van der Waals surface area contributed by atoms with Gasteiger partial charge >= 0.3 is 0 Å². The largest absolute Gasteiger partial charge is 0.369 e. The molecule has 3 aromatic rings. The lowest BCUT2D eigenvalue weighted by atomic mass is 10.2. The van der Waals surface area contributed by atoms with Gasteiger partial charge in [-0.05, 0) is 50.8 Å². The van der Waals surface area contributed by atoms with Gasteiger partial charge in [-0.15, -0.1) is 0 Å². The number of likely N-dealkylation sites (N-methyl/N-ethyl adjacent to an activating group) is 1. The van der Waals surface area contributed by atoms with Crippen LogP contribution in [0, 0.1) is 0 Å². The van der Waals surface area contributed by atoms with Crippen molar-refractivity contribution in [2.75, 3.05) is 49.3 Å². The summed E-state index contributed by atoms with van der Waals surface area (Å²) in [6.07, 6.45) is 5.40. The third-order valence-electron chi connectivity index (χ3n) is 6.05. The zero-order valence-corrected chi connectivity index (χ0v) is 23.0. The molecule has 1 fully saturated rings. The van der Waals surface area contributed by atoms with Gasteiger partial charge in [0.1, 0.15) is 5.69 Å². The second-order valence-electron chi connectivity index (χ2n) is 9.32. The summed E-state index contributed by atoms with van der Waals surface area (Å²) >= 11 is 12.3. The molecule has 0 unspecified atom stereocenters. The highest BCUT2D eigenvalue weighted by Crippen LogP contribution is 2.27. The van der Waals surface area contributed by atoms with E-state index in [-0.39, 0.29) is 38.9 Å². The number of H-pyrrole nitrogens is 1. The summed E-state index contributed by atoms with van der Waals surface area (Å²) < 4.78 is 0. The van der Waals surface area contributed by atoms with Gasteiger partial charge in [-0.1, -0.05) is 41.4 Å². The molecule has 1 aliphatic rings. The van der Waals surface area contributed by atoms with Crippen LogP contribution in [0.2, 0.25) is 10.0 Å². The fourth-order valence-electron chi connectivity index (χ4n) is 4.16. The number of amides is 3. The average molecular weight is 570 g/mol. The van der Waals surface area contributed by atoms with Gasteiger partial charge in [-0.25, -0.2) is 0 Å². The molecule has 0 aliphatic carbocycles. The number of anilines is 3. The van der Waals surface area contributed by atoms with Gasteiger partial charge in [-0.2, -0.15) is 5.10 Å². The molecule has 3 amide bonds. The van der Waals surface area contributed by atoms with Crippen LogP contribution in [0.4, 0.5) is 17.1 Å². The van der Waals surface area contributed by atoms with Crippen LogP contribution in [-0.4, -0.2) is 72.6 Å². The topological polar surface area (TPSA) is 122 Å². The minimum atomic E-state index is -0.548. The van der Waals surface area contributed by atoms with Crippen molar-refractivity contribution >= 4 is 58.0 Å². The Morgan fingerprint density at radius 3 is 2.59 bits per heavy atom. The van der Waals surface area contributed by atoms with E-state index < -0.39 is 11.8 Å². The van der Waals surface area contributed by atoms with E-state index in [1.165, 1.54) is 12.3 Å². The van der Waals surface area contributed by atoms with Gasteiger partial charge in [0, 0.05) is 43.1 Å². The summed E-state index contributed by atoms with van der Waals surface area (Å²) in [7, 11) is 3.86. The van der Waals surface area contributed by atoms with E-state index in [1.54, 1.807) is 24.3 Å². The van der Waals surface area contributed by atoms with Gasteiger partial charge in [0.15, 0.2) is 0 Å². The minimum Gasteiger partial charge on any atom is -0.369 e. The molecule has 204 valence electrons. The van der Waals surface area contributed by atoms with Crippen molar-refractivity contribution in [3.8, 4) is 0 Å². The summed E-state index contributed by atoms with van der Waals surface area (Å²) in [5.41, 5.74) is 2.08. The molecule has 0 radical (unpaired) electrons. The monoisotopic (exact) mass is 569 g/mol. The maximum absolute atomic E-state index is 13.0. The van der Waals surface area contributed by atoms with Crippen LogP contribution < -0.4 is 20.9 Å².